The molecule has 2 aromatic rings. The molecular formula is C19H26N2. The van der Waals surface area contributed by atoms with E-state index in [0.717, 1.165) is 32.7 Å². The molecule has 0 amide bonds. The van der Waals surface area contributed by atoms with Crippen LogP contribution in [0.3, 0.4) is 0 Å². The highest BCUT2D eigenvalue weighted by Gasteiger charge is 2.04. The number of benzene rings is 2. The highest BCUT2D eigenvalue weighted by molar-refractivity contribution is 5.15. The molecule has 0 saturated carbocycles. The maximum atomic E-state index is 3.53. The second-order valence-corrected chi connectivity index (χ2v) is 5.42. The zero-order valence-electron chi connectivity index (χ0n) is 13.0. The number of hydrogen-bond acceptors (Lipinski definition) is 2. The summed E-state index contributed by atoms with van der Waals surface area (Å²) < 4.78 is 0. The standard InChI is InChI=1S/C19H26N2/c1-2-14-21(17-19-11-7-4-8-12-19)15-13-20-16-18-9-5-3-6-10-18/h3-12,20H,2,13-17H2,1H3. The Labute approximate surface area is 128 Å². The normalized spacial score (nSPS) is 11.0. The van der Waals surface area contributed by atoms with Crippen molar-refractivity contribution >= 4 is 0 Å². The molecule has 0 aliphatic carbocycles. The molecule has 0 spiro atoms. The summed E-state index contributed by atoms with van der Waals surface area (Å²) in [5, 5.41) is 3.53. The Kier molecular flexibility index (Phi) is 6.99. The number of rotatable bonds is 9. The first-order valence-corrected chi connectivity index (χ1v) is 7.89. The van der Waals surface area contributed by atoms with Gasteiger partial charge in [-0.3, -0.25) is 4.90 Å². The van der Waals surface area contributed by atoms with Crippen molar-refractivity contribution in [2.75, 3.05) is 19.6 Å². The van der Waals surface area contributed by atoms with Crippen LogP contribution in [0.25, 0.3) is 0 Å². The van der Waals surface area contributed by atoms with Crippen LogP contribution in [0.5, 0.6) is 0 Å². The molecule has 2 rings (SSSR count). The lowest BCUT2D eigenvalue weighted by molar-refractivity contribution is 0.265. The first-order chi connectivity index (χ1) is 10.4. The summed E-state index contributed by atoms with van der Waals surface area (Å²) in [5.41, 5.74) is 2.75. The van der Waals surface area contributed by atoms with E-state index in [9.17, 15) is 0 Å². The molecule has 112 valence electrons. The maximum Gasteiger partial charge on any atom is 0.0234 e. The second-order valence-electron chi connectivity index (χ2n) is 5.42. The van der Waals surface area contributed by atoms with Crippen LogP contribution in [-0.2, 0) is 13.1 Å². The molecule has 0 heterocycles. The number of nitrogens with zero attached hydrogens (tertiary/aromatic N) is 1. The van der Waals surface area contributed by atoms with E-state index in [4.69, 9.17) is 0 Å². The summed E-state index contributed by atoms with van der Waals surface area (Å²) in [6, 6.07) is 21.3. The molecule has 0 bridgehead atoms. The summed E-state index contributed by atoms with van der Waals surface area (Å²) in [6.45, 7) is 7.52. The average molecular weight is 282 g/mol. The fourth-order valence-corrected chi connectivity index (χ4v) is 2.49. The Bertz CT molecular complexity index is 481. The van der Waals surface area contributed by atoms with Crippen molar-refractivity contribution in [2.45, 2.75) is 26.4 Å². The summed E-state index contributed by atoms with van der Waals surface area (Å²) in [4.78, 5) is 2.52. The fraction of sp³-hybridized carbons (Fsp3) is 0.368. The largest absolute Gasteiger partial charge is 0.311 e. The fourth-order valence-electron chi connectivity index (χ4n) is 2.49. The van der Waals surface area contributed by atoms with Gasteiger partial charge in [0.2, 0.25) is 0 Å². The summed E-state index contributed by atoms with van der Waals surface area (Å²) in [7, 11) is 0. The Balaban J connectivity index is 1.72. The SMILES string of the molecule is CCCN(CCNCc1ccccc1)Cc1ccccc1. The van der Waals surface area contributed by atoms with Crippen LogP contribution >= 0.6 is 0 Å². The monoisotopic (exact) mass is 282 g/mol. The van der Waals surface area contributed by atoms with Gasteiger partial charge in [0.25, 0.3) is 0 Å². The molecule has 0 radical (unpaired) electrons. The molecule has 0 aliphatic rings. The smallest absolute Gasteiger partial charge is 0.0234 e. The minimum Gasteiger partial charge on any atom is -0.311 e. The molecule has 0 atom stereocenters. The Morgan fingerprint density at radius 2 is 1.43 bits per heavy atom. The molecular weight excluding hydrogens is 256 g/mol. The van der Waals surface area contributed by atoms with Crippen molar-refractivity contribution in [3.8, 4) is 0 Å². The highest BCUT2D eigenvalue weighted by atomic mass is 15.1. The zero-order valence-corrected chi connectivity index (χ0v) is 13.0. The second kappa shape index (κ2) is 9.32. The third-order valence-electron chi connectivity index (χ3n) is 3.57. The van der Waals surface area contributed by atoms with Crippen molar-refractivity contribution in [1.29, 1.82) is 0 Å². The van der Waals surface area contributed by atoms with Gasteiger partial charge in [-0.25, -0.2) is 0 Å². The highest BCUT2D eigenvalue weighted by Crippen LogP contribution is 2.04. The molecule has 1 N–H and O–H groups in total. The van der Waals surface area contributed by atoms with Crippen LogP contribution in [-0.4, -0.2) is 24.5 Å². The van der Waals surface area contributed by atoms with Gasteiger partial charge in [0, 0.05) is 26.2 Å². The van der Waals surface area contributed by atoms with Gasteiger partial charge in [-0.15, -0.1) is 0 Å². The van der Waals surface area contributed by atoms with Gasteiger partial charge in [-0.05, 0) is 24.1 Å². The molecule has 0 aliphatic heterocycles. The predicted octanol–water partition coefficient (Wildman–Crippen LogP) is 3.69. The van der Waals surface area contributed by atoms with Crippen LogP contribution in [0, 0.1) is 0 Å². The van der Waals surface area contributed by atoms with Gasteiger partial charge in [-0.1, -0.05) is 67.6 Å². The van der Waals surface area contributed by atoms with Crippen molar-refractivity contribution in [1.82, 2.24) is 10.2 Å². The predicted molar refractivity (Wildman–Crippen MR) is 90.2 cm³/mol. The quantitative estimate of drug-likeness (QED) is 0.706. The van der Waals surface area contributed by atoms with Gasteiger partial charge < -0.3 is 5.32 Å². The van der Waals surface area contributed by atoms with Crippen LogP contribution in [0.1, 0.15) is 24.5 Å². The Morgan fingerprint density at radius 3 is 2.05 bits per heavy atom. The van der Waals surface area contributed by atoms with Gasteiger partial charge >= 0.3 is 0 Å². The Hall–Kier alpha value is -1.64. The maximum absolute atomic E-state index is 3.53. The summed E-state index contributed by atoms with van der Waals surface area (Å²) in [6.07, 6.45) is 1.20. The van der Waals surface area contributed by atoms with Crippen molar-refractivity contribution in [3.63, 3.8) is 0 Å². The number of hydrogen-bond donors (Lipinski definition) is 1. The number of nitrogens with one attached hydrogen (secondary N) is 1. The van der Waals surface area contributed by atoms with Crippen molar-refractivity contribution in [2.24, 2.45) is 0 Å². The van der Waals surface area contributed by atoms with E-state index in [1.165, 1.54) is 17.5 Å². The lowest BCUT2D eigenvalue weighted by Gasteiger charge is -2.22. The third-order valence-corrected chi connectivity index (χ3v) is 3.57. The molecule has 0 aromatic heterocycles. The van der Waals surface area contributed by atoms with Crippen molar-refractivity contribution < 1.29 is 0 Å². The van der Waals surface area contributed by atoms with E-state index >= 15 is 0 Å². The van der Waals surface area contributed by atoms with E-state index in [1.807, 2.05) is 0 Å². The van der Waals surface area contributed by atoms with Crippen molar-refractivity contribution in [3.05, 3.63) is 71.8 Å². The van der Waals surface area contributed by atoms with Crippen LogP contribution in [0.4, 0.5) is 0 Å². The first kappa shape index (κ1) is 15.7. The Morgan fingerprint density at radius 1 is 0.810 bits per heavy atom. The van der Waals surface area contributed by atoms with E-state index < -0.39 is 0 Å². The average Bonchev–Trinajstić information content (AvgIpc) is 2.54. The van der Waals surface area contributed by atoms with E-state index in [-0.39, 0.29) is 0 Å². The van der Waals surface area contributed by atoms with Gasteiger partial charge in [0.05, 0.1) is 0 Å². The summed E-state index contributed by atoms with van der Waals surface area (Å²) in [5.74, 6) is 0. The molecule has 0 unspecified atom stereocenters. The lowest BCUT2D eigenvalue weighted by Crippen LogP contribution is -2.32. The van der Waals surface area contributed by atoms with Crippen LogP contribution in [0.2, 0.25) is 0 Å². The molecule has 2 nitrogen and oxygen atoms in total. The lowest BCUT2D eigenvalue weighted by atomic mass is 10.2. The first-order valence-electron chi connectivity index (χ1n) is 7.89. The van der Waals surface area contributed by atoms with Gasteiger partial charge in [-0.2, -0.15) is 0 Å². The minimum atomic E-state index is 0.951. The van der Waals surface area contributed by atoms with Gasteiger partial charge in [0.1, 0.15) is 0 Å². The molecule has 2 aromatic carbocycles. The van der Waals surface area contributed by atoms with Crippen LogP contribution < -0.4 is 5.32 Å². The minimum absolute atomic E-state index is 0.951. The van der Waals surface area contributed by atoms with E-state index in [2.05, 4.69) is 77.8 Å². The van der Waals surface area contributed by atoms with Crippen LogP contribution in [0.15, 0.2) is 60.7 Å². The molecule has 0 fully saturated rings. The zero-order chi connectivity index (χ0) is 14.8. The molecule has 21 heavy (non-hydrogen) atoms. The molecule has 0 saturated heterocycles. The van der Waals surface area contributed by atoms with E-state index in [0.29, 0.717) is 0 Å². The van der Waals surface area contributed by atoms with E-state index in [1.54, 1.807) is 0 Å². The van der Waals surface area contributed by atoms with Gasteiger partial charge in [0.15, 0.2) is 0 Å². The third kappa shape index (κ3) is 6.11. The topological polar surface area (TPSA) is 15.3 Å². The summed E-state index contributed by atoms with van der Waals surface area (Å²) >= 11 is 0. The molecule has 2 heteroatoms.